The van der Waals surface area contributed by atoms with Crippen LogP contribution in [0.1, 0.15) is 22.4 Å². The van der Waals surface area contributed by atoms with Gasteiger partial charge in [-0.1, -0.05) is 30.3 Å². The first-order valence-corrected chi connectivity index (χ1v) is 11.6. The maximum Gasteiger partial charge on any atom is 0.266 e. The molecule has 0 bridgehead atoms. The zero-order chi connectivity index (χ0) is 27.0. The predicted octanol–water partition coefficient (Wildman–Crippen LogP) is 4.68. The molecule has 0 fully saturated rings. The van der Waals surface area contributed by atoms with Gasteiger partial charge >= 0.3 is 0 Å². The van der Waals surface area contributed by atoms with Gasteiger partial charge in [-0.2, -0.15) is 0 Å². The van der Waals surface area contributed by atoms with Crippen molar-refractivity contribution in [2.45, 2.75) is 13.5 Å². The average Bonchev–Trinajstić information content (AvgIpc) is 2.89. The number of fused-ring (bicyclic) bond motifs is 1. The Bertz CT molecular complexity index is 1780. The lowest BCUT2D eigenvalue weighted by molar-refractivity contribution is 0.432. The van der Waals surface area contributed by atoms with Crippen molar-refractivity contribution in [3.63, 3.8) is 0 Å². The summed E-state index contributed by atoms with van der Waals surface area (Å²) < 4.78 is 29.7. The zero-order valence-corrected chi connectivity index (χ0v) is 20.2. The summed E-state index contributed by atoms with van der Waals surface area (Å²) in [4.78, 5) is 21.8. The third-order valence-electron chi connectivity index (χ3n) is 6.23. The van der Waals surface area contributed by atoms with Crippen LogP contribution in [0.4, 0.5) is 20.4 Å². The number of aromatic nitrogens is 3. The van der Waals surface area contributed by atoms with Crippen LogP contribution in [0.25, 0.3) is 16.5 Å². The molecule has 5 aromatic rings. The predicted molar refractivity (Wildman–Crippen MR) is 142 cm³/mol. The first-order valence-electron chi connectivity index (χ1n) is 11.6. The molecule has 2 heterocycles. The minimum Gasteiger partial charge on any atom is -0.505 e. The van der Waals surface area contributed by atoms with Crippen LogP contribution < -0.4 is 16.6 Å². The molecule has 0 unspecified atom stereocenters. The molecule has 2 aromatic heterocycles. The standard InChI is InChI=1S/C28H22F2N6O2/c1-15-5-2-3-8-21(15)36-18(11-16-6-4-7-20(30)23(16)28(36)38)13-33-27-24(26(32)34-14-35-27)25(31)17-9-10-19(29)22(37)12-17/h2-12,14,31,37H,13H2,1H3,(H3,32,33,34,35). The van der Waals surface area contributed by atoms with E-state index in [2.05, 4.69) is 15.3 Å². The second kappa shape index (κ2) is 9.74. The highest BCUT2D eigenvalue weighted by Crippen LogP contribution is 2.26. The molecule has 190 valence electrons. The maximum absolute atomic E-state index is 14.7. The topological polar surface area (TPSA) is 130 Å². The number of phenols is 1. The van der Waals surface area contributed by atoms with Crippen molar-refractivity contribution in [2.24, 2.45) is 0 Å². The molecule has 8 nitrogen and oxygen atoms in total. The molecule has 0 aliphatic carbocycles. The van der Waals surface area contributed by atoms with Crippen LogP contribution in [-0.4, -0.2) is 25.4 Å². The van der Waals surface area contributed by atoms with Crippen molar-refractivity contribution < 1.29 is 13.9 Å². The molecular weight excluding hydrogens is 490 g/mol. The fourth-order valence-corrected chi connectivity index (χ4v) is 4.35. The van der Waals surface area contributed by atoms with Crippen LogP contribution >= 0.6 is 0 Å². The van der Waals surface area contributed by atoms with Gasteiger partial charge in [-0.25, -0.2) is 18.7 Å². The summed E-state index contributed by atoms with van der Waals surface area (Å²) in [6.45, 7) is 1.91. The lowest BCUT2D eigenvalue weighted by Gasteiger charge is -2.19. The summed E-state index contributed by atoms with van der Waals surface area (Å²) in [5, 5.41) is 21.9. The highest BCUT2D eigenvalue weighted by Gasteiger charge is 2.19. The molecule has 0 aliphatic rings. The normalized spacial score (nSPS) is 11.0. The van der Waals surface area contributed by atoms with Crippen molar-refractivity contribution in [1.29, 1.82) is 5.41 Å². The van der Waals surface area contributed by atoms with Gasteiger partial charge in [0.25, 0.3) is 5.56 Å². The Morgan fingerprint density at radius 1 is 1.05 bits per heavy atom. The van der Waals surface area contributed by atoms with Gasteiger partial charge < -0.3 is 16.2 Å². The maximum atomic E-state index is 14.7. The van der Waals surface area contributed by atoms with Crippen LogP contribution in [-0.2, 0) is 6.54 Å². The van der Waals surface area contributed by atoms with Gasteiger partial charge in [-0.15, -0.1) is 0 Å². The number of pyridine rings is 1. The average molecular weight is 513 g/mol. The van der Waals surface area contributed by atoms with Gasteiger partial charge in [-0.3, -0.25) is 14.8 Å². The number of anilines is 2. The lowest BCUT2D eigenvalue weighted by atomic mass is 10.0. The first kappa shape index (κ1) is 24.6. The third-order valence-corrected chi connectivity index (χ3v) is 6.23. The number of hydrogen-bond donors (Lipinski definition) is 4. The number of halogens is 2. The van der Waals surface area contributed by atoms with E-state index in [1.54, 1.807) is 24.3 Å². The van der Waals surface area contributed by atoms with Crippen molar-refractivity contribution in [3.8, 4) is 11.4 Å². The fourth-order valence-electron chi connectivity index (χ4n) is 4.35. The largest absolute Gasteiger partial charge is 0.505 e. The fraction of sp³-hybridized carbons (Fsp3) is 0.0714. The Labute approximate surface area is 215 Å². The van der Waals surface area contributed by atoms with Gasteiger partial charge in [0.15, 0.2) is 11.6 Å². The van der Waals surface area contributed by atoms with E-state index >= 15 is 0 Å². The minimum atomic E-state index is -0.820. The van der Waals surface area contributed by atoms with E-state index in [-0.39, 0.29) is 40.4 Å². The number of nitrogens with zero attached hydrogens (tertiary/aromatic N) is 3. The van der Waals surface area contributed by atoms with Crippen molar-refractivity contribution in [1.82, 2.24) is 14.5 Å². The summed E-state index contributed by atoms with van der Waals surface area (Å²) in [5.41, 5.74) is 7.69. The second-order valence-electron chi connectivity index (χ2n) is 8.64. The van der Waals surface area contributed by atoms with Crippen LogP contribution in [0, 0.1) is 24.0 Å². The number of benzene rings is 3. The molecule has 0 spiro atoms. The quantitative estimate of drug-likeness (QED) is 0.244. The van der Waals surface area contributed by atoms with Gasteiger partial charge in [-0.05, 0) is 54.3 Å². The highest BCUT2D eigenvalue weighted by molar-refractivity contribution is 6.16. The van der Waals surface area contributed by atoms with Gasteiger partial charge in [0.05, 0.1) is 28.9 Å². The third kappa shape index (κ3) is 4.32. The van der Waals surface area contributed by atoms with Crippen LogP contribution in [0.15, 0.2) is 77.9 Å². The smallest absolute Gasteiger partial charge is 0.266 e. The molecule has 0 radical (unpaired) electrons. The Hall–Kier alpha value is -5.12. The molecule has 38 heavy (non-hydrogen) atoms. The van der Waals surface area contributed by atoms with Crippen molar-refractivity contribution >= 4 is 28.1 Å². The lowest BCUT2D eigenvalue weighted by Crippen LogP contribution is -2.25. The number of aryl methyl sites for hydroxylation is 1. The van der Waals surface area contributed by atoms with E-state index in [1.165, 1.54) is 29.1 Å². The summed E-state index contributed by atoms with van der Waals surface area (Å²) in [6, 6.07) is 16.9. The number of hydrogen-bond acceptors (Lipinski definition) is 7. The molecule has 0 atom stereocenters. The summed E-state index contributed by atoms with van der Waals surface area (Å²) in [6.07, 6.45) is 1.22. The van der Waals surface area contributed by atoms with Gasteiger partial charge in [0, 0.05) is 11.3 Å². The molecule has 5 rings (SSSR count). The van der Waals surface area contributed by atoms with Crippen LogP contribution in [0.2, 0.25) is 0 Å². The highest BCUT2D eigenvalue weighted by atomic mass is 19.1. The molecule has 5 N–H and O–H groups in total. The summed E-state index contributed by atoms with van der Waals surface area (Å²) in [5.74, 6) is -1.86. The molecule has 3 aromatic carbocycles. The zero-order valence-electron chi connectivity index (χ0n) is 20.2. The number of nitrogen functional groups attached to an aromatic ring is 1. The summed E-state index contributed by atoms with van der Waals surface area (Å²) >= 11 is 0. The van der Waals surface area contributed by atoms with E-state index in [0.717, 1.165) is 17.7 Å². The van der Waals surface area contributed by atoms with E-state index in [0.29, 0.717) is 16.8 Å². The van der Waals surface area contributed by atoms with E-state index in [4.69, 9.17) is 11.1 Å². The van der Waals surface area contributed by atoms with E-state index in [9.17, 15) is 18.7 Å². The second-order valence-corrected chi connectivity index (χ2v) is 8.64. The molecule has 0 amide bonds. The first-order chi connectivity index (χ1) is 18.3. The van der Waals surface area contributed by atoms with Crippen LogP contribution in [0.5, 0.6) is 5.75 Å². The molecule has 0 saturated heterocycles. The Kier molecular flexibility index (Phi) is 6.29. The van der Waals surface area contributed by atoms with E-state index in [1.807, 2.05) is 19.1 Å². The number of nitrogens with two attached hydrogens (primary N) is 1. The Balaban J connectivity index is 1.61. The minimum absolute atomic E-state index is 0.00630. The number of para-hydroxylation sites is 1. The Morgan fingerprint density at radius 3 is 2.61 bits per heavy atom. The van der Waals surface area contributed by atoms with E-state index < -0.39 is 22.9 Å². The monoisotopic (exact) mass is 512 g/mol. The number of aromatic hydroxyl groups is 1. The van der Waals surface area contributed by atoms with Gasteiger partial charge in [0.2, 0.25) is 0 Å². The number of nitrogens with one attached hydrogen (secondary N) is 2. The molecule has 10 heteroatoms. The van der Waals surface area contributed by atoms with Gasteiger partial charge in [0.1, 0.15) is 23.8 Å². The molecular formula is C28H22F2N6O2. The van der Waals surface area contributed by atoms with Crippen molar-refractivity contribution in [3.05, 3.63) is 117 Å². The SMILES string of the molecule is Cc1ccccc1-n1c(CNc2ncnc(N)c2C(=N)c2ccc(F)c(O)c2)cc2cccc(F)c2c1=O. The van der Waals surface area contributed by atoms with Crippen molar-refractivity contribution in [2.75, 3.05) is 11.1 Å². The number of phenolic OH excluding ortho intramolecular Hbond substituents is 1. The molecule has 0 aliphatic heterocycles. The van der Waals surface area contributed by atoms with Crippen LogP contribution in [0.3, 0.4) is 0 Å². The number of rotatable bonds is 6. The Morgan fingerprint density at radius 2 is 1.84 bits per heavy atom. The summed E-state index contributed by atoms with van der Waals surface area (Å²) in [7, 11) is 0. The molecule has 0 saturated carbocycles.